The smallest absolute Gasteiger partial charge is 0.303 e. The lowest BCUT2D eigenvalue weighted by Gasteiger charge is -2.03. The van der Waals surface area contributed by atoms with E-state index in [9.17, 15) is 9.90 Å². The fourth-order valence-electron chi connectivity index (χ4n) is 3.31. The van der Waals surface area contributed by atoms with Crippen molar-refractivity contribution in [2.75, 3.05) is 0 Å². The molecular weight excluding hydrogens is 336 g/mol. The van der Waals surface area contributed by atoms with E-state index in [4.69, 9.17) is 5.11 Å². The second-order valence-electron chi connectivity index (χ2n) is 7.50. The van der Waals surface area contributed by atoms with Crippen molar-refractivity contribution in [1.82, 2.24) is 0 Å². The molecule has 1 aromatic rings. The molecule has 0 saturated heterocycles. The molecule has 2 N–H and O–H groups in total. The summed E-state index contributed by atoms with van der Waals surface area (Å²) in [6.07, 6.45) is 21.6. The van der Waals surface area contributed by atoms with Crippen LogP contribution in [-0.4, -0.2) is 16.2 Å². The Hall–Kier alpha value is -1.77. The number of aryl methyl sites for hydroxylation is 1. The molecule has 0 heterocycles. The van der Waals surface area contributed by atoms with Gasteiger partial charge in [0.25, 0.3) is 0 Å². The number of aromatic hydroxyl groups is 1. The number of allylic oxidation sites excluding steroid dienone is 2. The van der Waals surface area contributed by atoms with Crippen molar-refractivity contribution < 1.29 is 15.0 Å². The molecule has 0 atom stereocenters. The Morgan fingerprint density at radius 3 is 1.93 bits per heavy atom. The fraction of sp³-hybridized carbons (Fsp3) is 0.625. The Balaban J connectivity index is 1.79. The van der Waals surface area contributed by atoms with Crippen LogP contribution in [0.3, 0.4) is 0 Å². The number of benzene rings is 1. The number of phenols is 1. The molecule has 3 nitrogen and oxygen atoms in total. The Kier molecular flexibility index (Phi) is 14.1. The summed E-state index contributed by atoms with van der Waals surface area (Å²) in [6.45, 7) is 0. The molecule has 1 aromatic carbocycles. The monoisotopic (exact) mass is 374 g/mol. The lowest BCUT2D eigenvalue weighted by Crippen LogP contribution is -1.93. The van der Waals surface area contributed by atoms with Gasteiger partial charge in [-0.1, -0.05) is 69.2 Å². The maximum absolute atomic E-state index is 10.4. The first-order chi connectivity index (χ1) is 13.2. The molecule has 152 valence electrons. The first-order valence-electron chi connectivity index (χ1n) is 10.8. The third kappa shape index (κ3) is 15.0. The number of unbranched alkanes of at least 4 members (excludes halogenated alkanes) is 11. The molecule has 0 spiro atoms. The fourth-order valence-corrected chi connectivity index (χ4v) is 3.31. The maximum Gasteiger partial charge on any atom is 0.303 e. The second-order valence-corrected chi connectivity index (χ2v) is 7.50. The van der Waals surface area contributed by atoms with Gasteiger partial charge in [0.2, 0.25) is 0 Å². The van der Waals surface area contributed by atoms with Crippen molar-refractivity contribution >= 4 is 5.97 Å². The van der Waals surface area contributed by atoms with Crippen LogP contribution in [0.2, 0.25) is 0 Å². The van der Waals surface area contributed by atoms with Gasteiger partial charge in [0.15, 0.2) is 0 Å². The standard InChI is InChI=1S/C24H38O3/c25-23-19-16-18-22(21-23)17-14-12-10-8-6-4-2-1-3-5-7-9-11-13-15-20-24(26)27/h1,3,16,18-19,21,25H,2,4-15,17,20H2,(H,26,27)/b3-1-. The van der Waals surface area contributed by atoms with Crippen molar-refractivity contribution in [2.45, 2.75) is 96.3 Å². The van der Waals surface area contributed by atoms with Crippen LogP contribution in [0.1, 0.15) is 95.5 Å². The summed E-state index contributed by atoms with van der Waals surface area (Å²) < 4.78 is 0. The number of carboxylic acids is 1. The molecule has 0 aliphatic carbocycles. The van der Waals surface area contributed by atoms with E-state index in [2.05, 4.69) is 18.2 Å². The molecule has 0 radical (unpaired) electrons. The van der Waals surface area contributed by atoms with Gasteiger partial charge in [-0.2, -0.15) is 0 Å². The first kappa shape index (κ1) is 23.3. The summed E-state index contributed by atoms with van der Waals surface area (Å²) in [5.41, 5.74) is 1.24. The summed E-state index contributed by atoms with van der Waals surface area (Å²) in [7, 11) is 0. The number of hydrogen-bond donors (Lipinski definition) is 2. The largest absolute Gasteiger partial charge is 0.508 e. The van der Waals surface area contributed by atoms with Gasteiger partial charge in [0.1, 0.15) is 5.75 Å². The number of carboxylic acid groups (broad SMARTS) is 1. The van der Waals surface area contributed by atoms with Crippen molar-refractivity contribution in [3.63, 3.8) is 0 Å². The van der Waals surface area contributed by atoms with E-state index in [1.165, 1.54) is 63.4 Å². The third-order valence-electron chi connectivity index (χ3n) is 4.92. The van der Waals surface area contributed by atoms with Crippen LogP contribution in [-0.2, 0) is 11.2 Å². The van der Waals surface area contributed by atoms with Gasteiger partial charge in [0, 0.05) is 6.42 Å². The molecule has 1 rings (SSSR count). The van der Waals surface area contributed by atoms with E-state index in [1.54, 1.807) is 6.07 Å². The number of rotatable bonds is 17. The quantitative estimate of drug-likeness (QED) is 0.227. The minimum absolute atomic E-state index is 0.317. The van der Waals surface area contributed by atoms with Crippen LogP contribution in [0, 0.1) is 0 Å². The van der Waals surface area contributed by atoms with E-state index in [0.29, 0.717) is 12.2 Å². The van der Waals surface area contributed by atoms with Gasteiger partial charge in [0.05, 0.1) is 0 Å². The molecule has 0 saturated carbocycles. The molecule has 0 aromatic heterocycles. The van der Waals surface area contributed by atoms with Gasteiger partial charge in [-0.3, -0.25) is 4.79 Å². The lowest BCUT2D eigenvalue weighted by atomic mass is 10.0. The summed E-state index contributed by atoms with van der Waals surface area (Å²) in [4.78, 5) is 10.4. The summed E-state index contributed by atoms with van der Waals surface area (Å²) >= 11 is 0. The van der Waals surface area contributed by atoms with Crippen molar-refractivity contribution in [1.29, 1.82) is 0 Å². The number of aliphatic carboxylic acids is 1. The Labute approximate surface area is 165 Å². The van der Waals surface area contributed by atoms with E-state index in [0.717, 1.165) is 32.1 Å². The molecule has 0 unspecified atom stereocenters. The normalized spacial score (nSPS) is 11.3. The average Bonchev–Trinajstić information content (AvgIpc) is 2.64. The van der Waals surface area contributed by atoms with Gasteiger partial charge in [-0.25, -0.2) is 0 Å². The van der Waals surface area contributed by atoms with Gasteiger partial charge in [-0.15, -0.1) is 0 Å². The molecule has 0 aliphatic rings. The Bertz CT molecular complexity index is 522. The van der Waals surface area contributed by atoms with Gasteiger partial charge >= 0.3 is 5.97 Å². The maximum atomic E-state index is 10.4. The van der Waals surface area contributed by atoms with E-state index in [-0.39, 0.29) is 0 Å². The van der Waals surface area contributed by atoms with E-state index in [1.807, 2.05) is 12.1 Å². The zero-order valence-corrected chi connectivity index (χ0v) is 16.9. The first-order valence-corrected chi connectivity index (χ1v) is 10.8. The van der Waals surface area contributed by atoms with Crippen LogP contribution in [0.5, 0.6) is 5.75 Å². The predicted molar refractivity (Wildman–Crippen MR) is 113 cm³/mol. The van der Waals surface area contributed by atoms with Crippen molar-refractivity contribution in [3.8, 4) is 5.75 Å². The van der Waals surface area contributed by atoms with Crippen LogP contribution in [0.4, 0.5) is 0 Å². The molecule has 27 heavy (non-hydrogen) atoms. The SMILES string of the molecule is O=C(O)CCCCCCC/C=C\CCCCCCCCc1cccc(O)c1. The minimum atomic E-state index is -0.675. The third-order valence-corrected chi connectivity index (χ3v) is 4.92. The van der Waals surface area contributed by atoms with Gasteiger partial charge in [-0.05, 0) is 62.6 Å². The highest BCUT2D eigenvalue weighted by Crippen LogP contribution is 2.15. The van der Waals surface area contributed by atoms with Crippen LogP contribution >= 0.6 is 0 Å². The summed E-state index contributed by atoms with van der Waals surface area (Å²) in [5, 5.41) is 18.0. The van der Waals surface area contributed by atoms with Crippen LogP contribution in [0.15, 0.2) is 36.4 Å². The predicted octanol–water partition coefficient (Wildman–Crippen LogP) is 7.04. The Morgan fingerprint density at radius 1 is 0.778 bits per heavy atom. The molecule has 0 bridgehead atoms. The second kappa shape index (κ2) is 16.4. The summed E-state index contributed by atoms with van der Waals surface area (Å²) in [5.74, 6) is -0.303. The van der Waals surface area contributed by atoms with E-state index < -0.39 is 5.97 Å². The van der Waals surface area contributed by atoms with Crippen molar-refractivity contribution in [2.24, 2.45) is 0 Å². The molecule has 0 aliphatic heterocycles. The highest BCUT2D eigenvalue weighted by atomic mass is 16.4. The highest BCUT2D eigenvalue weighted by molar-refractivity contribution is 5.66. The van der Waals surface area contributed by atoms with Crippen molar-refractivity contribution in [3.05, 3.63) is 42.0 Å². The zero-order chi connectivity index (χ0) is 19.6. The molecule has 3 heteroatoms. The van der Waals surface area contributed by atoms with Crippen LogP contribution < -0.4 is 0 Å². The number of phenolic OH excluding ortho intramolecular Hbond substituents is 1. The molecular formula is C24H38O3. The van der Waals surface area contributed by atoms with Crippen LogP contribution in [0.25, 0.3) is 0 Å². The average molecular weight is 375 g/mol. The molecule has 0 fully saturated rings. The number of carbonyl (C=O) groups is 1. The van der Waals surface area contributed by atoms with E-state index >= 15 is 0 Å². The molecule has 0 amide bonds. The highest BCUT2D eigenvalue weighted by Gasteiger charge is 1.97. The minimum Gasteiger partial charge on any atom is -0.508 e. The van der Waals surface area contributed by atoms with Gasteiger partial charge < -0.3 is 10.2 Å². The Morgan fingerprint density at radius 2 is 1.33 bits per heavy atom. The zero-order valence-electron chi connectivity index (χ0n) is 16.9. The number of hydrogen-bond acceptors (Lipinski definition) is 2. The summed E-state index contributed by atoms with van der Waals surface area (Å²) in [6, 6.07) is 7.60. The topological polar surface area (TPSA) is 57.5 Å². The lowest BCUT2D eigenvalue weighted by molar-refractivity contribution is -0.137.